The molecule has 0 radical (unpaired) electrons. The van der Waals surface area contributed by atoms with Crippen molar-refractivity contribution in [2.45, 2.75) is 6.42 Å². The average molecular weight is 269 g/mol. The number of ether oxygens (including phenoxy) is 1. The van der Waals surface area contributed by atoms with Crippen molar-refractivity contribution < 1.29 is 4.74 Å². The number of anilines is 1. The largest absolute Gasteiger partial charge is 0.481 e. The van der Waals surface area contributed by atoms with Gasteiger partial charge in [0.25, 0.3) is 0 Å². The summed E-state index contributed by atoms with van der Waals surface area (Å²) in [6.45, 7) is 0. The van der Waals surface area contributed by atoms with Crippen LogP contribution in [0.25, 0.3) is 10.8 Å². The summed E-state index contributed by atoms with van der Waals surface area (Å²) in [5.74, 6) is 1.44. The van der Waals surface area contributed by atoms with Crippen LogP contribution in [0, 0.1) is 0 Å². The van der Waals surface area contributed by atoms with Crippen LogP contribution in [-0.2, 0) is 13.5 Å². The number of nitrogens with two attached hydrogens (primary N) is 1. The lowest BCUT2D eigenvalue weighted by Crippen LogP contribution is -2.03. The predicted molar refractivity (Wildman–Crippen MR) is 76.5 cm³/mol. The van der Waals surface area contributed by atoms with Crippen LogP contribution < -0.4 is 10.5 Å². The molecule has 6 nitrogen and oxygen atoms in total. The molecular weight excluding hydrogens is 254 g/mol. The summed E-state index contributed by atoms with van der Waals surface area (Å²) < 4.78 is 7.04. The highest BCUT2D eigenvalue weighted by Gasteiger charge is 2.12. The minimum absolute atomic E-state index is 0.578. The Bertz CT molecular complexity index is 765. The van der Waals surface area contributed by atoms with Crippen LogP contribution in [0.5, 0.6) is 5.88 Å². The molecule has 0 spiro atoms. The molecule has 2 N–H and O–H groups in total. The molecule has 3 aromatic rings. The van der Waals surface area contributed by atoms with Gasteiger partial charge in [-0.1, -0.05) is 6.07 Å². The molecule has 102 valence electrons. The van der Waals surface area contributed by atoms with Gasteiger partial charge in [0.15, 0.2) is 0 Å². The molecule has 2 aromatic heterocycles. The highest BCUT2D eigenvalue weighted by atomic mass is 16.5. The van der Waals surface area contributed by atoms with E-state index in [9.17, 15) is 0 Å². The number of fused-ring (bicyclic) bond motifs is 1. The van der Waals surface area contributed by atoms with Crippen LogP contribution in [-0.4, -0.2) is 26.9 Å². The van der Waals surface area contributed by atoms with Crippen LogP contribution >= 0.6 is 0 Å². The number of hydrogen-bond donors (Lipinski definition) is 1. The van der Waals surface area contributed by atoms with Gasteiger partial charge < -0.3 is 10.5 Å². The van der Waals surface area contributed by atoms with E-state index < -0.39 is 0 Å². The van der Waals surface area contributed by atoms with E-state index in [1.807, 2.05) is 25.2 Å². The molecule has 0 aliphatic heterocycles. The molecule has 3 rings (SSSR count). The van der Waals surface area contributed by atoms with E-state index in [1.54, 1.807) is 18.0 Å². The maximum Gasteiger partial charge on any atom is 0.221 e. The first-order valence-corrected chi connectivity index (χ1v) is 6.23. The number of aromatic nitrogens is 4. The molecule has 0 fully saturated rings. The Balaban J connectivity index is 2.19. The van der Waals surface area contributed by atoms with Crippen LogP contribution in [0.4, 0.5) is 5.69 Å². The Morgan fingerprint density at radius 3 is 2.85 bits per heavy atom. The number of nitrogens with zero attached hydrogens (tertiary/aromatic N) is 4. The lowest BCUT2D eigenvalue weighted by atomic mass is 10.0. The van der Waals surface area contributed by atoms with Crippen molar-refractivity contribution in [1.82, 2.24) is 19.7 Å². The molecule has 0 amide bonds. The fraction of sp³-hybridized carbons (Fsp3) is 0.214. The van der Waals surface area contributed by atoms with Crippen molar-refractivity contribution in [3.05, 3.63) is 42.1 Å². The standard InChI is InChI=1S/C14H15N5O/c1-19-12(17-8-18-19)6-9-7-16-14(20-2)10-4-3-5-11(15)13(9)10/h3-5,7-8H,6,15H2,1-2H3. The fourth-order valence-electron chi connectivity index (χ4n) is 2.32. The second kappa shape index (κ2) is 4.80. The van der Waals surface area contributed by atoms with Crippen LogP contribution in [0.15, 0.2) is 30.7 Å². The van der Waals surface area contributed by atoms with Crippen molar-refractivity contribution in [2.24, 2.45) is 7.05 Å². The minimum atomic E-state index is 0.578. The normalized spacial score (nSPS) is 10.9. The highest BCUT2D eigenvalue weighted by Crippen LogP contribution is 2.31. The third-order valence-electron chi connectivity index (χ3n) is 3.33. The van der Waals surface area contributed by atoms with Crippen molar-refractivity contribution in [3.8, 4) is 5.88 Å². The van der Waals surface area contributed by atoms with E-state index in [4.69, 9.17) is 10.5 Å². The van der Waals surface area contributed by atoms with Gasteiger partial charge in [-0.25, -0.2) is 9.97 Å². The summed E-state index contributed by atoms with van der Waals surface area (Å²) in [5, 5.41) is 5.95. The molecule has 0 atom stereocenters. The van der Waals surface area contributed by atoms with Gasteiger partial charge in [-0.05, 0) is 17.7 Å². The number of benzene rings is 1. The molecule has 0 aliphatic rings. The summed E-state index contributed by atoms with van der Waals surface area (Å²) in [5.41, 5.74) is 7.84. The first-order valence-electron chi connectivity index (χ1n) is 6.23. The second-order valence-corrected chi connectivity index (χ2v) is 4.54. The molecule has 6 heteroatoms. The Morgan fingerprint density at radius 1 is 1.30 bits per heavy atom. The third-order valence-corrected chi connectivity index (χ3v) is 3.33. The average Bonchev–Trinajstić information content (AvgIpc) is 2.85. The lowest BCUT2D eigenvalue weighted by Gasteiger charge is -2.11. The second-order valence-electron chi connectivity index (χ2n) is 4.54. The van der Waals surface area contributed by atoms with Gasteiger partial charge in [0.2, 0.25) is 5.88 Å². The Hall–Kier alpha value is -2.63. The summed E-state index contributed by atoms with van der Waals surface area (Å²) >= 11 is 0. The van der Waals surface area contributed by atoms with Gasteiger partial charge in [0.05, 0.1) is 7.11 Å². The molecule has 0 saturated heterocycles. The molecule has 0 unspecified atom stereocenters. The zero-order valence-corrected chi connectivity index (χ0v) is 11.4. The van der Waals surface area contributed by atoms with Gasteiger partial charge in [-0.15, -0.1) is 0 Å². The summed E-state index contributed by atoms with van der Waals surface area (Å²) in [6, 6.07) is 5.73. The Kier molecular flexibility index (Phi) is 2.98. The molecule has 0 saturated carbocycles. The first kappa shape index (κ1) is 12.4. The molecular formula is C14H15N5O. The summed E-state index contributed by atoms with van der Waals surface area (Å²) in [6.07, 6.45) is 3.95. The van der Waals surface area contributed by atoms with Gasteiger partial charge >= 0.3 is 0 Å². The van der Waals surface area contributed by atoms with Crippen LogP contribution in [0.1, 0.15) is 11.4 Å². The summed E-state index contributed by atoms with van der Waals surface area (Å²) in [4.78, 5) is 8.58. The van der Waals surface area contributed by atoms with Crippen molar-refractivity contribution in [2.75, 3.05) is 12.8 Å². The van der Waals surface area contributed by atoms with E-state index in [0.717, 1.165) is 22.2 Å². The Morgan fingerprint density at radius 2 is 2.15 bits per heavy atom. The van der Waals surface area contributed by atoms with Gasteiger partial charge in [0, 0.05) is 36.1 Å². The van der Waals surface area contributed by atoms with Crippen molar-refractivity contribution in [1.29, 1.82) is 0 Å². The molecule has 20 heavy (non-hydrogen) atoms. The number of rotatable bonds is 3. The maximum absolute atomic E-state index is 6.12. The number of hydrogen-bond acceptors (Lipinski definition) is 5. The van der Waals surface area contributed by atoms with Gasteiger partial charge in [-0.2, -0.15) is 5.10 Å². The van der Waals surface area contributed by atoms with Crippen molar-refractivity contribution >= 4 is 16.5 Å². The van der Waals surface area contributed by atoms with Gasteiger partial charge in [0.1, 0.15) is 12.2 Å². The quantitative estimate of drug-likeness (QED) is 0.730. The number of nitrogen functional groups attached to an aromatic ring is 1. The molecule has 0 bridgehead atoms. The highest BCUT2D eigenvalue weighted by molar-refractivity contribution is 5.98. The monoisotopic (exact) mass is 269 g/mol. The van der Waals surface area contributed by atoms with E-state index in [-0.39, 0.29) is 0 Å². The zero-order chi connectivity index (χ0) is 14.1. The lowest BCUT2D eigenvalue weighted by molar-refractivity contribution is 0.403. The van der Waals surface area contributed by atoms with E-state index >= 15 is 0 Å². The Labute approximate surface area is 116 Å². The number of pyridine rings is 1. The molecule has 1 aromatic carbocycles. The van der Waals surface area contributed by atoms with E-state index in [1.165, 1.54) is 6.33 Å². The first-order chi connectivity index (χ1) is 9.70. The fourth-order valence-corrected chi connectivity index (χ4v) is 2.32. The van der Waals surface area contributed by atoms with Crippen LogP contribution in [0.3, 0.4) is 0 Å². The maximum atomic E-state index is 6.12. The van der Waals surface area contributed by atoms with E-state index in [0.29, 0.717) is 18.0 Å². The zero-order valence-electron chi connectivity index (χ0n) is 11.4. The van der Waals surface area contributed by atoms with Crippen LogP contribution in [0.2, 0.25) is 0 Å². The molecule has 2 heterocycles. The SMILES string of the molecule is COc1ncc(Cc2ncnn2C)c2c(N)cccc12. The molecule has 0 aliphatic carbocycles. The number of methoxy groups -OCH3 is 1. The van der Waals surface area contributed by atoms with Gasteiger partial charge in [-0.3, -0.25) is 4.68 Å². The topological polar surface area (TPSA) is 78.9 Å². The summed E-state index contributed by atoms with van der Waals surface area (Å²) in [7, 11) is 3.47. The minimum Gasteiger partial charge on any atom is -0.481 e. The van der Waals surface area contributed by atoms with Crippen molar-refractivity contribution in [3.63, 3.8) is 0 Å². The smallest absolute Gasteiger partial charge is 0.221 e. The predicted octanol–water partition coefficient (Wildman–Crippen LogP) is 1.54. The number of aryl methyl sites for hydroxylation is 1. The van der Waals surface area contributed by atoms with E-state index in [2.05, 4.69) is 15.1 Å². The third kappa shape index (κ3) is 1.95.